The number of halogens is 1. The van der Waals surface area contributed by atoms with Gasteiger partial charge in [-0.3, -0.25) is 0 Å². The zero-order valence-electron chi connectivity index (χ0n) is 7.04. The second-order valence-corrected chi connectivity index (χ2v) is 2.74. The lowest BCUT2D eigenvalue weighted by Gasteiger charge is -2.05. The summed E-state index contributed by atoms with van der Waals surface area (Å²) in [5, 5.41) is 0. The fraction of sp³-hybridized carbons (Fsp3) is 0.273. The van der Waals surface area contributed by atoms with Crippen LogP contribution in [-0.2, 0) is 0 Å². The van der Waals surface area contributed by atoms with Crippen molar-refractivity contribution in [3.05, 3.63) is 48.6 Å². The molecule has 12 heavy (non-hydrogen) atoms. The number of rotatable bonds is 4. The fourth-order valence-corrected chi connectivity index (χ4v) is 1.09. The van der Waals surface area contributed by atoms with Crippen molar-refractivity contribution < 1.29 is 4.39 Å². The van der Waals surface area contributed by atoms with Gasteiger partial charge < -0.3 is 0 Å². The molecule has 0 fully saturated rings. The standard InChI is InChI=1S/C11H13F/c1-2-3-9-11(12)10-7-5-4-6-8-10/h2,4-8,11H,1,3,9H2. The number of alkyl halides is 1. The van der Waals surface area contributed by atoms with Crippen LogP contribution in [0.15, 0.2) is 43.0 Å². The Kier molecular flexibility index (Phi) is 3.52. The quantitative estimate of drug-likeness (QED) is 0.596. The highest BCUT2D eigenvalue weighted by Crippen LogP contribution is 2.21. The average Bonchev–Trinajstić information content (AvgIpc) is 2.15. The van der Waals surface area contributed by atoms with Gasteiger partial charge in [-0.1, -0.05) is 36.4 Å². The highest BCUT2D eigenvalue weighted by molar-refractivity contribution is 5.17. The molecule has 0 aliphatic carbocycles. The SMILES string of the molecule is C=CCCC(F)c1ccccc1. The van der Waals surface area contributed by atoms with Crippen molar-refractivity contribution in [3.8, 4) is 0 Å². The van der Waals surface area contributed by atoms with Gasteiger partial charge in [-0.25, -0.2) is 4.39 Å². The third-order valence-electron chi connectivity index (χ3n) is 1.79. The maximum atomic E-state index is 13.3. The molecule has 1 rings (SSSR count). The summed E-state index contributed by atoms with van der Waals surface area (Å²) < 4.78 is 13.3. The molecule has 1 aromatic carbocycles. The van der Waals surface area contributed by atoms with E-state index in [4.69, 9.17) is 0 Å². The van der Waals surface area contributed by atoms with Crippen LogP contribution in [0.4, 0.5) is 4.39 Å². The first-order chi connectivity index (χ1) is 5.84. The third-order valence-corrected chi connectivity index (χ3v) is 1.79. The maximum Gasteiger partial charge on any atom is 0.125 e. The molecule has 1 aromatic rings. The van der Waals surface area contributed by atoms with Gasteiger partial charge in [0.25, 0.3) is 0 Å². The molecule has 0 heterocycles. The van der Waals surface area contributed by atoms with Gasteiger partial charge in [0.15, 0.2) is 0 Å². The van der Waals surface area contributed by atoms with E-state index >= 15 is 0 Å². The summed E-state index contributed by atoms with van der Waals surface area (Å²) in [6.45, 7) is 3.56. The molecular weight excluding hydrogens is 151 g/mol. The summed E-state index contributed by atoms with van der Waals surface area (Å²) >= 11 is 0. The van der Waals surface area contributed by atoms with Gasteiger partial charge in [-0.15, -0.1) is 6.58 Å². The monoisotopic (exact) mass is 164 g/mol. The minimum Gasteiger partial charge on any atom is -0.242 e. The van der Waals surface area contributed by atoms with Crippen LogP contribution in [0.2, 0.25) is 0 Å². The fourth-order valence-electron chi connectivity index (χ4n) is 1.09. The highest BCUT2D eigenvalue weighted by Gasteiger charge is 2.06. The third kappa shape index (κ3) is 2.50. The summed E-state index contributed by atoms with van der Waals surface area (Å²) in [5.74, 6) is 0. The van der Waals surface area contributed by atoms with E-state index in [9.17, 15) is 4.39 Å². The molecule has 0 aliphatic rings. The van der Waals surface area contributed by atoms with E-state index in [2.05, 4.69) is 6.58 Å². The number of allylic oxidation sites excluding steroid dienone is 1. The van der Waals surface area contributed by atoms with Crippen molar-refractivity contribution in [3.63, 3.8) is 0 Å². The molecule has 0 bridgehead atoms. The van der Waals surface area contributed by atoms with E-state index in [0.717, 1.165) is 12.0 Å². The number of hydrogen-bond acceptors (Lipinski definition) is 0. The summed E-state index contributed by atoms with van der Waals surface area (Å²) in [4.78, 5) is 0. The Morgan fingerprint density at radius 3 is 2.58 bits per heavy atom. The molecule has 0 saturated heterocycles. The Hall–Kier alpha value is -1.11. The minimum atomic E-state index is -0.843. The summed E-state index contributed by atoms with van der Waals surface area (Å²) in [6, 6.07) is 9.23. The molecule has 0 spiro atoms. The van der Waals surface area contributed by atoms with E-state index in [1.54, 1.807) is 6.08 Å². The molecule has 0 radical (unpaired) electrons. The molecule has 0 aliphatic heterocycles. The number of benzene rings is 1. The smallest absolute Gasteiger partial charge is 0.125 e. The first kappa shape index (κ1) is 8.98. The second kappa shape index (κ2) is 4.70. The molecule has 0 nitrogen and oxygen atoms in total. The minimum absolute atomic E-state index is 0.535. The lowest BCUT2D eigenvalue weighted by Crippen LogP contribution is -1.89. The van der Waals surface area contributed by atoms with Crippen molar-refractivity contribution in [2.24, 2.45) is 0 Å². The van der Waals surface area contributed by atoms with Gasteiger partial charge in [0.1, 0.15) is 6.17 Å². The van der Waals surface area contributed by atoms with Crippen LogP contribution in [0.3, 0.4) is 0 Å². The molecule has 0 N–H and O–H groups in total. The zero-order chi connectivity index (χ0) is 8.81. The predicted molar refractivity (Wildman–Crippen MR) is 49.7 cm³/mol. The van der Waals surface area contributed by atoms with Crippen molar-refractivity contribution in [1.29, 1.82) is 0 Å². The maximum absolute atomic E-state index is 13.3. The van der Waals surface area contributed by atoms with Gasteiger partial charge in [0.2, 0.25) is 0 Å². The van der Waals surface area contributed by atoms with Crippen molar-refractivity contribution in [2.75, 3.05) is 0 Å². The Bertz CT molecular complexity index is 228. The lowest BCUT2D eigenvalue weighted by atomic mass is 10.1. The highest BCUT2D eigenvalue weighted by atomic mass is 19.1. The normalized spacial score (nSPS) is 12.4. The van der Waals surface area contributed by atoms with Crippen molar-refractivity contribution in [1.82, 2.24) is 0 Å². The van der Waals surface area contributed by atoms with Crippen LogP contribution >= 0.6 is 0 Å². The molecule has 0 aromatic heterocycles. The molecule has 1 atom stereocenters. The predicted octanol–water partition coefficient (Wildman–Crippen LogP) is 3.66. The second-order valence-electron chi connectivity index (χ2n) is 2.74. The summed E-state index contributed by atoms with van der Waals surface area (Å²) in [6.07, 6.45) is 2.17. The van der Waals surface area contributed by atoms with Crippen LogP contribution < -0.4 is 0 Å². The molecule has 0 saturated carbocycles. The Balaban J connectivity index is 2.53. The van der Waals surface area contributed by atoms with Crippen molar-refractivity contribution in [2.45, 2.75) is 19.0 Å². The Labute approximate surface area is 72.7 Å². The van der Waals surface area contributed by atoms with Crippen LogP contribution in [-0.4, -0.2) is 0 Å². The Morgan fingerprint density at radius 1 is 1.33 bits per heavy atom. The van der Waals surface area contributed by atoms with E-state index in [0.29, 0.717) is 6.42 Å². The zero-order valence-corrected chi connectivity index (χ0v) is 7.04. The van der Waals surface area contributed by atoms with Gasteiger partial charge >= 0.3 is 0 Å². The lowest BCUT2D eigenvalue weighted by molar-refractivity contribution is 0.325. The molecule has 1 heteroatoms. The summed E-state index contributed by atoms with van der Waals surface area (Å²) in [7, 11) is 0. The van der Waals surface area contributed by atoms with Gasteiger partial charge in [-0.05, 0) is 18.4 Å². The van der Waals surface area contributed by atoms with Crippen LogP contribution in [0.5, 0.6) is 0 Å². The topological polar surface area (TPSA) is 0 Å². The van der Waals surface area contributed by atoms with Gasteiger partial charge in [-0.2, -0.15) is 0 Å². The first-order valence-electron chi connectivity index (χ1n) is 4.14. The van der Waals surface area contributed by atoms with E-state index in [1.165, 1.54) is 0 Å². The molecule has 1 unspecified atom stereocenters. The van der Waals surface area contributed by atoms with E-state index < -0.39 is 6.17 Å². The average molecular weight is 164 g/mol. The van der Waals surface area contributed by atoms with E-state index in [-0.39, 0.29) is 0 Å². The first-order valence-corrected chi connectivity index (χ1v) is 4.14. The van der Waals surface area contributed by atoms with Crippen LogP contribution in [0.1, 0.15) is 24.6 Å². The van der Waals surface area contributed by atoms with Gasteiger partial charge in [0, 0.05) is 0 Å². The van der Waals surface area contributed by atoms with Crippen LogP contribution in [0, 0.1) is 0 Å². The molecule has 0 amide bonds. The van der Waals surface area contributed by atoms with Gasteiger partial charge in [0.05, 0.1) is 0 Å². The summed E-state index contributed by atoms with van der Waals surface area (Å²) in [5.41, 5.74) is 0.763. The van der Waals surface area contributed by atoms with E-state index in [1.807, 2.05) is 30.3 Å². The van der Waals surface area contributed by atoms with Crippen molar-refractivity contribution >= 4 is 0 Å². The largest absolute Gasteiger partial charge is 0.242 e. The Morgan fingerprint density at radius 2 is 2.00 bits per heavy atom. The molecular formula is C11H13F. The number of hydrogen-bond donors (Lipinski definition) is 0. The molecule has 64 valence electrons. The van der Waals surface area contributed by atoms with Crippen LogP contribution in [0.25, 0.3) is 0 Å².